The van der Waals surface area contributed by atoms with Crippen molar-refractivity contribution in [1.82, 2.24) is 5.32 Å². The molecule has 0 bridgehead atoms. The lowest BCUT2D eigenvalue weighted by atomic mass is 10.1. The number of nitrogens with one attached hydrogen (secondary N) is 2. The van der Waals surface area contributed by atoms with Gasteiger partial charge in [-0.3, -0.25) is 10.1 Å². The zero-order valence-corrected chi connectivity index (χ0v) is 15.1. The van der Waals surface area contributed by atoms with Crippen LogP contribution in [0.1, 0.15) is 46.6 Å². The maximum absolute atomic E-state index is 11.8. The molecular weight excluding hydrogens is 306 g/mol. The Balaban J connectivity index is 2.46. The summed E-state index contributed by atoms with van der Waals surface area (Å²) < 4.78 is 0. The topological polar surface area (TPSA) is 91.9 Å². The predicted molar refractivity (Wildman–Crippen MR) is 93.7 cm³/mol. The summed E-state index contributed by atoms with van der Waals surface area (Å²) in [5, 5.41) is 7.07. The SMILES string of the molecule is CC(=O)C(C)[NH2+]C(=O)CCc1ccc(NC(=O)NC(C)(C)C)cc1. The number of hydrogen-bond acceptors (Lipinski definition) is 3. The number of nitrogens with two attached hydrogens (primary N) is 1. The van der Waals surface area contributed by atoms with Gasteiger partial charge in [0.25, 0.3) is 0 Å². The average molecular weight is 334 g/mol. The standard InChI is InChI=1S/C18H27N3O3/c1-12(13(2)22)19-16(23)11-8-14-6-9-15(10-7-14)20-17(24)21-18(3,4)5/h6-7,9-10,12H,8,11H2,1-5H3,(H,19,23)(H2,20,21,24)/p+1. The van der Waals surface area contributed by atoms with E-state index in [0.29, 0.717) is 18.5 Å². The van der Waals surface area contributed by atoms with Crippen molar-refractivity contribution in [3.05, 3.63) is 29.8 Å². The fourth-order valence-corrected chi connectivity index (χ4v) is 2.00. The van der Waals surface area contributed by atoms with Gasteiger partial charge < -0.3 is 10.6 Å². The number of benzene rings is 1. The van der Waals surface area contributed by atoms with Gasteiger partial charge in [0.1, 0.15) is 6.04 Å². The lowest BCUT2D eigenvalue weighted by Gasteiger charge is -2.20. The second kappa shape index (κ2) is 8.59. The fourth-order valence-electron chi connectivity index (χ4n) is 2.00. The van der Waals surface area contributed by atoms with Crippen LogP contribution in [0.15, 0.2) is 24.3 Å². The molecule has 0 radical (unpaired) electrons. The maximum atomic E-state index is 11.8. The van der Waals surface area contributed by atoms with Gasteiger partial charge in [0, 0.05) is 18.2 Å². The van der Waals surface area contributed by atoms with E-state index >= 15 is 0 Å². The highest BCUT2D eigenvalue weighted by Crippen LogP contribution is 2.11. The molecule has 0 aliphatic carbocycles. The van der Waals surface area contributed by atoms with Crippen LogP contribution in [-0.2, 0) is 16.0 Å². The Morgan fingerprint density at radius 1 is 1.12 bits per heavy atom. The highest BCUT2D eigenvalue weighted by Gasteiger charge is 2.16. The summed E-state index contributed by atoms with van der Waals surface area (Å²) in [6, 6.07) is 6.81. The van der Waals surface area contributed by atoms with Gasteiger partial charge in [-0.2, -0.15) is 0 Å². The molecule has 1 unspecified atom stereocenters. The molecule has 4 N–H and O–H groups in total. The molecule has 3 amide bonds. The summed E-state index contributed by atoms with van der Waals surface area (Å²) in [4.78, 5) is 34.7. The molecule has 0 aliphatic rings. The number of aryl methyl sites for hydroxylation is 1. The van der Waals surface area contributed by atoms with Crippen molar-refractivity contribution in [1.29, 1.82) is 0 Å². The van der Waals surface area contributed by atoms with E-state index in [9.17, 15) is 14.4 Å². The molecule has 0 saturated heterocycles. The van der Waals surface area contributed by atoms with E-state index in [1.54, 1.807) is 6.92 Å². The number of amides is 3. The Morgan fingerprint density at radius 3 is 2.21 bits per heavy atom. The second-order valence-corrected chi connectivity index (χ2v) is 7.06. The third-order valence-electron chi connectivity index (χ3n) is 3.44. The molecule has 0 heterocycles. The van der Waals surface area contributed by atoms with E-state index < -0.39 is 0 Å². The normalized spacial score (nSPS) is 12.4. The summed E-state index contributed by atoms with van der Waals surface area (Å²) in [6.45, 7) is 8.95. The van der Waals surface area contributed by atoms with E-state index in [0.717, 1.165) is 5.56 Å². The number of rotatable bonds is 6. The smallest absolute Gasteiger partial charge is 0.319 e. The highest BCUT2D eigenvalue weighted by atomic mass is 16.2. The number of carbonyl (C=O) groups is 3. The van der Waals surface area contributed by atoms with Crippen LogP contribution in [0.3, 0.4) is 0 Å². The minimum atomic E-state index is -0.328. The van der Waals surface area contributed by atoms with Crippen LogP contribution in [0.25, 0.3) is 0 Å². The van der Waals surface area contributed by atoms with E-state index in [-0.39, 0.29) is 29.3 Å². The Morgan fingerprint density at radius 2 is 1.71 bits per heavy atom. The van der Waals surface area contributed by atoms with Crippen molar-refractivity contribution in [3.63, 3.8) is 0 Å². The van der Waals surface area contributed by atoms with Crippen molar-refractivity contribution < 1.29 is 19.7 Å². The molecule has 1 aromatic carbocycles. The van der Waals surface area contributed by atoms with Gasteiger partial charge in [0.2, 0.25) is 0 Å². The summed E-state index contributed by atoms with van der Waals surface area (Å²) in [5.41, 5.74) is 1.41. The van der Waals surface area contributed by atoms with Crippen molar-refractivity contribution in [3.8, 4) is 0 Å². The van der Waals surface area contributed by atoms with Gasteiger partial charge in [0.05, 0.1) is 6.42 Å². The summed E-state index contributed by atoms with van der Waals surface area (Å²) in [5.74, 6) is -0.0308. The average Bonchev–Trinajstić information content (AvgIpc) is 2.44. The number of hydrogen-bond donors (Lipinski definition) is 3. The van der Waals surface area contributed by atoms with Crippen LogP contribution in [0, 0.1) is 0 Å². The van der Waals surface area contributed by atoms with Crippen LogP contribution >= 0.6 is 0 Å². The highest BCUT2D eigenvalue weighted by molar-refractivity contribution is 5.89. The van der Waals surface area contributed by atoms with Crippen LogP contribution in [-0.4, -0.2) is 29.3 Å². The fraction of sp³-hybridized carbons (Fsp3) is 0.500. The lowest BCUT2D eigenvalue weighted by molar-refractivity contribution is -0.588. The lowest BCUT2D eigenvalue weighted by Crippen LogP contribution is -2.94. The number of quaternary nitrogens is 1. The molecule has 0 aliphatic heterocycles. The zero-order chi connectivity index (χ0) is 18.3. The largest absolute Gasteiger partial charge is 0.333 e. The van der Waals surface area contributed by atoms with Gasteiger partial charge in [0.15, 0.2) is 5.78 Å². The van der Waals surface area contributed by atoms with Gasteiger partial charge in [-0.15, -0.1) is 0 Å². The molecular formula is C18H28N3O3+. The van der Waals surface area contributed by atoms with Crippen LogP contribution in [0.2, 0.25) is 0 Å². The number of anilines is 1. The molecule has 132 valence electrons. The van der Waals surface area contributed by atoms with E-state index in [1.165, 1.54) is 12.2 Å². The minimum absolute atomic E-state index is 0.00712. The molecule has 1 rings (SSSR count). The van der Waals surface area contributed by atoms with Crippen molar-refractivity contribution in [2.75, 3.05) is 5.32 Å². The van der Waals surface area contributed by atoms with Crippen molar-refractivity contribution in [2.24, 2.45) is 0 Å². The number of ketones is 1. The first-order chi connectivity index (χ1) is 11.1. The molecule has 0 aromatic heterocycles. The van der Waals surface area contributed by atoms with Gasteiger partial charge in [-0.25, -0.2) is 9.59 Å². The molecule has 1 aromatic rings. The number of Topliss-reactive ketones (excluding diaryl/α,β-unsaturated/α-hetero) is 1. The third-order valence-corrected chi connectivity index (χ3v) is 3.44. The molecule has 0 fully saturated rings. The predicted octanol–water partition coefficient (Wildman–Crippen LogP) is 1.61. The first-order valence-electron chi connectivity index (χ1n) is 8.13. The second-order valence-electron chi connectivity index (χ2n) is 7.06. The molecule has 24 heavy (non-hydrogen) atoms. The van der Waals surface area contributed by atoms with Gasteiger partial charge >= 0.3 is 11.9 Å². The Kier molecular flexibility index (Phi) is 7.10. The monoisotopic (exact) mass is 334 g/mol. The molecule has 1 atom stereocenters. The maximum Gasteiger partial charge on any atom is 0.319 e. The van der Waals surface area contributed by atoms with E-state index in [1.807, 2.05) is 45.0 Å². The van der Waals surface area contributed by atoms with E-state index in [4.69, 9.17) is 0 Å². The first kappa shape index (κ1) is 19.8. The summed E-state index contributed by atoms with van der Waals surface area (Å²) in [6.07, 6.45) is 0.976. The Bertz CT molecular complexity index is 589. The van der Waals surface area contributed by atoms with Crippen molar-refractivity contribution >= 4 is 23.4 Å². The first-order valence-corrected chi connectivity index (χ1v) is 8.13. The quantitative estimate of drug-likeness (QED) is 0.738. The number of carbonyl (C=O) groups excluding carboxylic acids is 3. The van der Waals surface area contributed by atoms with Crippen LogP contribution < -0.4 is 16.0 Å². The number of urea groups is 1. The zero-order valence-electron chi connectivity index (χ0n) is 15.1. The molecule has 0 saturated carbocycles. The summed E-state index contributed by atoms with van der Waals surface area (Å²) >= 11 is 0. The van der Waals surface area contributed by atoms with Crippen molar-refractivity contribution in [2.45, 2.75) is 59.0 Å². The van der Waals surface area contributed by atoms with Gasteiger partial charge in [-0.1, -0.05) is 12.1 Å². The van der Waals surface area contributed by atoms with Crippen LogP contribution in [0.5, 0.6) is 0 Å². The molecule has 6 nitrogen and oxygen atoms in total. The molecule has 0 spiro atoms. The Labute approximate surface area is 143 Å². The summed E-state index contributed by atoms with van der Waals surface area (Å²) in [7, 11) is 0. The third kappa shape index (κ3) is 7.87. The number of primary amides is 1. The Hall–Kier alpha value is -2.21. The van der Waals surface area contributed by atoms with Gasteiger partial charge in [-0.05, 0) is 51.8 Å². The molecule has 6 heteroatoms. The van der Waals surface area contributed by atoms with Crippen LogP contribution in [0.4, 0.5) is 10.5 Å². The van der Waals surface area contributed by atoms with E-state index in [2.05, 4.69) is 10.6 Å². The minimum Gasteiger partial charge on any atom is -0.333 e.